The van der Waals surface area contributed by atoms with E-state index in [0.29, 0.717) is 5.78 Å². The highest BCUT2D eigenvalue weighted by atomic mass is 16.5. The number of carbonyl (C=O) groups is 1. The summed E-state index contributed by atoms with van der Waals surface area (Å²) in [5.41, 5.74) is 0. The molecule has 0 spiro atoms. The van der Waals surface area contributed by atoms with Crippen LogP contribution in [0.2, 0.25) is 0 Å². The van der Waals surface area contributed by atoms with Crippen LogP contribution >= 0.6 is 0 Å². The number of ether oxygens (including phenoxy) is 1. The predicted octanol–water partition coefficient (Wildman–Crippen LogP) is 1.47. The van der Waals surface area contributed by atoms with Crippen LogP contribution in [0.1, 0.15) is 32.1 Å². The lowest BCUT2D eigenvalue weighted by Crippen LogP contribution is -2.39. The second-order valence-electron chi connectivity index (χ2n) is 4.87. The van der Waals surface area contributed by atoms with Crippen molar-refractivity contribution in [3.05, 3.63) is 0 Å². The minimum Gasteiger partial charge on any atom is -0.381 e. The van der Waals surface area contributed by atoms with Crippen molar-refractivity contribution in [1.82, 2.24) is 4.90 Å². The molecule has 0 aromatic heterocycles. The van der Waals surface area contributed by atoms with E-state index in [1.807, 2.05) is 0 Å². The third kappa shape index (κ3) is 2.79. The van der Waals surface area contributed by atoms with E-state index in [4.69, 9.17) is 4.74 Å². The van der Waals surface area contributed by atoms with Crippen LogP contribution in [0, 0.1) is 5.92 Å². The molecule has 3 heteroatoms. The quantitative estimate of drug-likeness (QED) is 0.708. The molecule has 86 valence electrons. The summed E-state index contributed by atoms with van der Waals surface area (Å²) in [6, 6.07) is 0.216. The molecule has 15 heavy (non-hydrogen) atoms. The van der Waals surface area contributed by atoms with Crippen molar-refractivity contribution < 1.29 is 9.53 Å². The van der Waals surface area contributed by atoms with E-state index in [1.165, 1.54) is 0 Å². The zero-order valence-electron chi connectivity index (χ0n) is 9.58. The Labute approximate surface area is 91.8 Å². The number of rotatable bonds is 3. The van der Waals surface area contributed by atoms with Gasteiger partial charge in [0, 0.05) is 26.2 Å². The van der Waals surface area contributed by atoms with Crippen LogP contribution in [0.25, 0.3) is 0 Å². The van der Waals surface area contributed by atoms with E-state index in [0.717, 1.165) is 57.8 Å². The lowest BCUT2D eigenvalue weighted by molar-refractivity contribution is -0.121. The monoisotopic (exact) mass is 211 g/mol. The van der Waals surface area contributed by atoms with Crippen LogP contribution in [0.3, 0.4) is 0 Å². The van der Waals surface area contributed by atoms with Gasteiger partial charge in [0.15, 0.2) is 0 Å². The summed E-state index contributed by atoms with van der Waals surface area (Å²) in [7, 11) is 2.10. The molecule has 1 unspecified atom stereocenters. The molecule has 1 saturated heterocycles. The second-order valence-corrected chi connectivity index (χ2v) is 4.87. The van der Waals surface area contributed by atoms with Gasteiger partial charge in [0.1, 0.15) is 5.78 Å². The molecular formula is C12H21NO2. The number of carbonyl (C=O) groups excluding carboxylic acids is 1. The van der Waals surface area contributed by atoms with Crippen molar-refractivity contribution in [2.24, 2.45) is 5.92 Å². The normalized spacial score (nSPS) is 28.9. The van der Waals surface area contributed by atoms with Crippen LogP contribution < -0.4 is 0 Å². The molecule has 1 aliphatic heterocycles. The number of ketones is 1. The fourth-order valence-electron chi connectivity index (χ4n) is 2.73. The Kier molecular flexibility index (Phi) is 3.76. The first-order chi connectivity index (χ1) is 7.27. The maximum atomic E-state index is 11.6. The molecular weight excluding hydrogens is 190 g/mol. The van der Waals surface area contributed by atoms with Crippen molar-refractivity contribution in [2.45, 2.75) is 38.1 Å². The molecule has 0 N–H and O–H groups in total. The van der Waals surface area contributed by atoms with Gasteiger partial charge >= 0.3 is 0 Å². The summed E-state index contributed by atoms with van der Waals surface area (Å²) in [5, 5.41) is 0. The predicted molar refractivity (Wildman–Crippen MR) is 58.8 cm³/mol. The average molecular weight is 211 g/mol. The van der Waals surface area contributed by atoms with E-state index in [2.05, 4.69) is 11.9 Å². The summed E-state index contributed by atoms with van der Waals surface area (Å²) in [6.45, 7) is 2.87. The van der Waals surface area contributed by atoms with Gasteiger partial charge in [0.05, 0.1) is 6.04 Å². The molecule has 2 rings (SSSR count). The highest BCUT2D eigenvalue weighted by molar-refractivity contribution is 5.85. The molecule has 2 aliphatic rings. The molecule has 0 aromatic carbocycles. The third-order valence-electron chi connectivity index (χ3n) is 3.69. The maximum Gasteiger partial charge on any atom is 0.149 e. The number of Topliss-reactive ketones (excluding diaryl/α,β-unsaturated/α-hetero) is 1. The zero-order chi connectivity index (χ0) is 10.7. The molecule has 0 aromatic rings. The molecule has 0 bridgehead atoms. The fourth-order valence-corrected chi connectivity index (χ4v) is 2.73. The van der Waals surface area contributed by atoms with Crippen molar-refractivity contribution >= 4 is 5.78 Å². The lowest BCUT2D eigenvalue weighted by Gasteiger charge is -2.30. The maximum absolute atomic E-state index is 11.6. The Morgan fingerprint density at radius 2 is 2.07 bits per heavy atom. The minimum absolute atomic E-state index is 0.216. The Balaban J connectivity index is 1.80. The van der Waals surface area contributed by atoms with Crippen LogP contribution in [0.4, 0.5) is 0 Å². The van der Waals surface area contributed by atoms with Gasteiger partial charge in [-0.25, -0.2) is 0 Å². The summed E-state index contributed by atoms with van der Waals surface area (Å²) >= 11 is 0. The van der Waals surface area contributed by atoms with E-state index in [-0.39, 0.29) is 6.04 Å². The molecule has 1 saturated carbocycles. The molecule has 3 nitrogen and oxygen atoms in total. The first kappa shape index (κ1) is 11.1. The third-order valence-corrected chi connectivity index (χ3v) is 3.69. The summed E-state index contributed by atoms with van der Waals surface area (Å²) in [6.07, 6.45) is 5.26. The van der Waals surface area contributed by atoms with Gasteiger partial charge in [-0.2, -0.15) is 0 Å². The second kappa shape index (κ2) is 5.08. The van der Waals surface area contributed by atoms with Gasteiger partial charge in [-0.1, -0.05) is 0 Å². The average Bonchev–Trinajstić information content (AvgIpc) is 2.66. The van der Waals surface area contributed by atoms with Crippen molar-refractivity contribution in [2.75, 3.05) is 26.8 Å². The molecule has 0 radical (unpaired) electrons. The van der Waals surface area contributed by atoms with Crippen molar-refractivity contribution in [3.63, 3.8) is 0 Å². The number of likely N-dealkylation sites (N-methyl/N-ethyl adjacent to an activating group) is 1. The highest BCUT2D eigenvalue weighted by Crippen LogP contribution is 2.22. The van der Waals surface area contributed by atoms with Crippen LogP contribution in [-0.2, 0) is 9.53 Å². The first-order valence-electron chi connectivity index (χ1n) is 6.08. The standard InChI is InChI=1S/C12H21NO2/c1-13(11-3-2-4-12(11)14)9-10-5-7-15-8-6-10/h10-11H,2-9H2,1H3. The van der Waals surface area contributed by atoms with E-state index in [1.54, 1.807) is 0 Å². The largest absolute Gasteiger partial charge is 0.381 e. The van der Waals surface area contributed by atoms with Crippen LogP contribution in [0.5, 0.6) is 0 Å². The number of nitrogens with zero attached hydrogens (tertiary/aromatic N) is 1. The summed E-state index contributed by atoms with van der Waals surface area (Å²) in [5.74, 6) is 1.18. The number of hydrogen-bond acceptors (Lipinski definition) is 3. The number of hydrogen-bond donors (Lipinski definition) is 0. The topological polar surface area (TPSA) is 29.5 Å². The Hall–Kier alpha value is -0.410. The van der Waals surface area contributed by atoms with Crippen LogP contribution in [0.15, 0.2) is 0 Å². The van der Waals surface area contributed by atoms with E-state index in [9.17, 15) is 4.79 Å². The van der Waals surface area contributed by atoms with Gasteiger partial charge in [-0.15, -0.1) is 0 Å². The van der Waals surface area contributed by atoms with Gasteiger partial charge < -0.3 is 4.74 Å². The van der Waals surface area contributed by atoms with Crippen molar-refractivity contribution in [3.8, 4) is 0 Å². The molecule has 1 aliphatic carbocycles. The fraction of sp³-hybridized carbons (Fsp3) is 0.917. The highest BCUT2D eigenvalue weighted by Gasteiger charge is 2.29. The Bertz CT molecular complexity index is 224. The zero-order valence-corrected chi connectivity index (χ0v) is 9.58. The van der Waals surface area contributed by atoms with Crippen LogP contribution in [-0.4, -0.2) is 43.5 Å². The lowest BCUT2D eigenvalue weighted by atomic mass is 9.99. The first-order valence-corrected chi connectivity index (χ1v) is 6.08. The Morgan fingerprint density at radius 1 is 1.33 bits per heavy atom. The summed E-state index contributed by atoms with van der Waals surface area (Å²) < 4.78 is 5.34. The molecule has 2 fully saturated rings. The van der Waals surface area contributed by atoms with Gasteiger partial charge in [-0.3, -0.25) is 9.69 Å². The SMILES string of the molecule is CN(CC1CCOCC1)C1CCCC1=O. The minimum atomic E-state index is 0.216. The summed E-state index contributed by atoms with van der Waals surface area (Å²) in [4.78, 5) is 13.9. The smallest absolute Gasteiger partial charge is 0.149 e. The molecule has 1 atom stereocenters. The Morgan fingerprint density at radius 3 is 2.67 bits per heavy atom. The molecule has 0 amide bonds. The van der Waals surface area contributed by atoms with Gasteiger partial charge in [-0.05, 0) is 38.6 Å². The molecule has 1 heterocycles. The van der Waals surface area contributed by atoms with Gasteiger partial charge in [0.25, 0.3) is 0 Å². The van der Waals surface area contributed by atoms with Gasteiger partial charge in [0.2, 0.25) is 0 Å². The van der Waals surface area contributed by atoms with Crippen molar-refractivity contribution in [1.29, 1.82) is 0 Å². The van der Waals surface area contributed by atoms with E-state index < -0.39 is 0 Å². The van der Waals surface area contributed by atoms with E-state index >= 15 is 0 Å².